The first-order valence-corrected chi connectivity index (χ1v) is 41.7. The number of unbranched alkanes of at least 4 members (excludes halogenated alkanes) is 36. The first-order valence-electron chi connectivity index (χ1n) is 38.7. The lowest BCUT2D eigenvalue weighted by Gasteiger charge is -2.21. The van der Waals surface area contributed by atoms with Crippen LogP contribution in [0.25, 0.3) is 0 Å². The molecule has 0 aliphatic heterocycles. The normalized spacial score (nSPS) is 14.5. The number of carbonyl (C=O) groups is 4. The van der Waals surface area contributed by atoms with Gasteiger partial charge in [-0.15, -0.1) is 0 Å². The van der Waals surface area contributed by atoms with Crippen LogP contribution in [-0.2, 0) is 65.4 Å². The van der Waals surface area contributed by atoms with Crippen LogP contribution in [0.1, 0.15) is 363 Å². The molecule has 17 nitrogen and oxygen atoms in total. The van der Waals surface area contributed by atoms with Gasteiger partial charge in [0.2, 0.25) is 0 Å². The summed E-state index contributed by atoms with van der Waals surface area (Å²) in [5, 5.41) is 10.6. The Morgan fingerprint density at radius 1 is 0.347 bits per heavy atom. The van der Waals surface area contributed by atoms with Crippen LogP contribution >= 0.6 is 15.6 Å². The van der Waals surface area contributed by atoms with E-state index in [2.05, 4.69) is 72.8 Å². The average Bonchev–Trinajstić information content (AvgIpc) is 1.80. The van der Waals surface area contributed by atoms with E-state index in [-0.39, 0.29) is 25.7 Å². The minimum atomic E-state index is -4.97. The summed E-state index contributed by atoms with van der Waals surface area (Å²) in [6.45, 7) is 11.8. The Morgan fingerprint density at radius 3 is 0.937 bits per heavy atom. The molecule has 0 aliphatic rings. The maximum absolute atomic E-state index is 13.1. The third kappa shape index (κ3) is 68.5. The third-order valence-electron chi connectivity index (χ3n) is 17.4. The highest BCUT2D eigenvalue weighted by Gasteiger charge is 2.30. The Bertz CT molecular complexity index is 1950. The Labute approximate surface area is 580 Å². The maximum atomic E-state index is 13.1. The molecule has 0 aromatic carbocycles. The highest BCUT2D eigenvalue weighted by atomic mass is 31.2. The smallest absolute Gasteiger partial charge is 0.462 e. The Kier molecular flexibility index (Phi) is 64.4. The lowest BCUT2D eigenvalue weighted by Crippen LogP contribution is -2.30. The van der Waals surface area contributed by atoms with Crippen molar-refractivity contribution in [3.05, 3.63) is 24.3 Å². The molecule has 560 valence electrons. The van der Waals surface area contributed by atoms with Crippen molar-refractivity contribution in [3.63, 3.8) is 0 Å². The summed E-state index contributed by atoms with van der Waals surface area (Å²) in [6.07, 6.45) is 55.0. The number of aliphatic hydroxyl groups excluding tert-OH is 1. The summed E-state index contributed by atoms with van der Waals surface area (Å²) in [7, 11) is -9.92. The fourth-order valence-corrected chi connectivity index (χ4v) is 12.6. The summed E-state index contributed by atoms with van der Waals surface area (Å²) >= 11 is 0. The molecule has 0 saturated heterocycles. The van der Waals surface area contributed by atoms with Gasteiger partial charge in [-0.1, -0.05) is 310 Å². The van der Waals surface area contributed by atoms with Crippen molar-refractivity contribution in [1.82, 2.24) is 0 Å². The fourth-order valence-electron chi connectivity index (χ4n) is 11.0. The molecule has 0 saturated carbocycles. The van der Waals surface area contributed by atoms with Crippen molar-refractivity contribution in [2.75, 3.05) is 39.6 Å². The molecule has 0 fully saturated rings. The number of esters is 4. The van der Waals surface area contributed by atoms with Crippen LogP contribution < -0.4 is 0 Å². The molecule has 3 unspecified atom stereocenters. The number of aliphatic hydroxyl groups is 1. The number of phosphoric ester groups is 2. The maximum Gasteiger partial charge on any atom is 0.472 e. The van der Waals surface area contributed by atoms with Crippen molar-refractivity contribution in [2.45, 2.75) is 381 Å². The largest absolute Gasteiger partial charge is 0.472 e. The second kappa shape index (κ2) is 66.1. The number of phosphoric acid groups is 2. The van der Waals surface area contributed by atoms with Crippen LogP contribution in [-0.4, -0.2) is 96.7 Å². The third-order valence-corrected chi connectivity index (χ3v) is 19.3. The second-order valence-corrected chi connectivity index (χ2v) is 30.8. The molecule has 0 radical (unpaired) electrons. The van der Waals surface area contributed by atoms with E-state index in [9.17, 15) is 43.2 Å². The number of carbonyl (C=O) groups excluding carboxylic acids is 4. The number of ether oxygens (including phenoxy) is 4. The lowest BCUT2D eigenvalue weighted by atomic mass is 9.99. The first-order chi connectivity index (χ1) is 45.8. The van der Waals surface area contributed by atoms with Crippen molar-refractivity contribution < 1.29 is 80.2 Å². The minimum absolute atomic E-state index is 0.100. The number of hydrogen-bond donors (Lipinski definition) is 3. The van der Waals surface area contributed by atoms with E-state index in [0.29, 0.717) is 31.6 Å². The monoisotopic (exact) mass is 1390 g/mol. The molecular formula is C76H144O17P2. The summed E-state index contributed by atoms with van der Waals surface area (Å²) in [5.74, 6) is 0.122. The van der Waals surface area contributed by atoms with E-state index >= 15 is 0 Å². The van der Waals surface area contributed by atoms with Crippen molar-refractivity contribution in [1.29, 1.82) is 0 Å². The summed E-state index contributed by atoms with van der Waals surface area (Å²) in [6, 6.07) is 0. The second-order valence-electron chi connectivity index (χ2n) is 27.9. The summed E-state index contributed by atoms with van der Waals surface area (Å²) < 4.78 is 68.5. The van der Waals surface area contributed by atoms with Gasteiger partial charge in [0.1, 0.15) is 19.3 Å². The zero-order chi connectivity index (χ0) is 70.1. The van der Waals surface area contributed by atoms with Crippen LogP contribution in [0.15, 0.2) is 24.3 Å². The van der Waals surface area contributed by atoms with E-state index in [0.717, 1.165) is 127 Å². The van der Waals surface area contributed by atoms with Gasteiger partial charge in [0.05, 0.1) is 26.4 Å². The Hall–Kier alpha value is -2.46. The predicted molar refractivity (Wildman–Crippen MR) is 386 cm³/mol. The molecule has 0 spiro atoms. The van der Waals surface area contributed by atoms with Gasteiger partial charge in [0, 0.05) is 25.7 Å². The van der Waals surface area contributed by atoms with Crippen molar-refractivity contribution in [2.24, 2.45) is 17.8 Å². The number of hydrogen-bond acceptors (Lipinski definition) is 15. The molecule has 95 heavy (non-hydrogen) atoms. The van der Waals surface area contributed by atoms with Crippen LogP contribution in [0, 0.1) is 17.8 Å². The van der Waals surface area contributed by atoms with Gasteiger partial charge >= 0.3 is 39.5 Å². The van der Waals surface area contributed by atoms with Crippen LogP contribution in [0.4, 0.5) is 0 Å². The van der Waals surface area contributed by atoms with Gasteiger partial charge < -0.3 is 33.8 Å². The van der Waals surface area contributed by atoms with Gasteiger partial charge in [-0.25, -0.2) is 9.13 Å². The Morgan fingerprint density at radius 2 is 0.621 bits per heavy atom. The van der Waals surface area contributed by atoms with E-state index in [1.54, 1.807) is 0 Å². The quantitative estimate of drug-likeness (QED) is 0.0169. The van der Waals surface area contributed by atoms with Crippen LogP contribution in [0.5, 0.6) is 0 Å². The minimum Gasteiger partial charge on any atom is -0.462 e. The molecule has 19 heteroatoms. The van der Waals surface area contributed by atoms with Gasteiger partial charge in [-0.05, 0) is 69.1 Å². The molecule has 6 atom stereocenters. The van der Waals surface area contributed by atoms with Gasteiger partial charge in [0.15, 0.2) is 12.2 Å². The topological polar surface area (TPSA) is 237 Å². The fraction of sp³-hybridized carbons (Fsp3) is 0.895. The standard InChI is InChI=1S/C76H144O17P2/c1-8-10-11-12-13-14-15-16-17-21-24-30-35-43-50-57-73(78)86-63-71(92-75(80)59-52-45-36-31-25-22-19-18-20-23-28-33-40-47-54-67(3)4)65-90-94(82,83)88-61-70(77)62-89-95(84,85)91-66-72(64-87-74(79)58-51-44-39-38-41-48-55-68(5)6)93-76(81)60-53-46-37-32-27-26-29-34-42-49-56-69(7)9-2/h14-17,67-72,77H,8-13,18-66H2,1-7H3,(H,82,83)(H,84,85)/b15-14-,17-16-/t69?,70-,71-,72-/m1/s1. The predicted octanol–water partition coefficient (Wildman–Crippen LogP) is 21.7. The van der Waals surface area contributed by atoms with Crippen LogP contribution in [0.3, 0.4) is 0 Å². The molecule has 0 aromatic heterocycles. The molecule has 0 heterocycles. The van der Waals surface area contributed by atoms with Crippen molar-refractivity contribution >= 4 is 39.5 Å². The van der Waals surface area contributed by atoms with E-state index in [1.165, 1.54) is 148 Å². The van der Waals surface area contributed by atoms with E-state index < -0.39 is 97.5 Å². The number of rotatable bonds is 72. The van der Waals surface area contributed by atoms with Crippen LogP contribution in [0.2, 0.25) is 0 Å². The highest BCUT2D eigenvalue weighted by molar-refractivity contribution is 7.47. The van der Waals surface area contributed by atoms with Gasteiger partial charge in [-0.3, -0.25) is 37.3 Å². The SMILES string of the molecule is CCCCCC/C=C\C=C/CCCCCCCC(=O)OC[C@H](COP(=O)(O)OC[C@@H](O)COP(=O)(O)OC[C@@H](COC(=O)CCCCCCCCC(C)C)OC(=O)CCCCCCCCCCCCC(C)CC)OC(=O)CCCCCCCCCCCCCCCCC(C)C. The number of allylic oxidation sites excluding steroid dienone is 4. The lowest BCUT2D eigenvalue weighted by molar-refractivity contribution is -0.161. The molecule has 0 aliphatic carbocycles. The van der Waals surface area contributed by atoms with Crippen molar-refractivity contribution in [3.8, 4) is 0 Å². The molecule has 0 bridgehead atoms. The summed E-state index contributed by atoms with van der Waals surface area (Å²) in [5.41, 5.74) is 0. The highest BCUT2D eigenvalue weighted by Crippen LogP contribution is 2.45. The molecule has 0 rings (SSSR count). The van der Waals surface area contributed by atoms with Gasteiger partial charge in [0.25, 0.3) is 0 Å². The summed E-state index contributed by atoms with van der Waals surface area (Å²) in [4.78, 5) is 72.8. The molecule has 3 N–H and O–H groups in total. The zero-order valence-electron chi connectivity index (χ0n) is 61.6. The van der Waals surface area contributed by atoms with Gasteiger partial charge in [-0.2, -0.15) is 0 Å². The van der Waals surface area contributed by atoms with E-state index in [4.69, 9.17) is 37.0 Å². The first kappa shape index (κ1) is 92.5. The average molecular weight is 1390 g/mol. The zero-order valence-corrected chi connectivity index (χ0v) is 63.4. The Balaban J connectivity index is 5.28. The molecule has 0 aromatic rings. The molecule has 0 amide bonds. The molecular weight excluding hydrogens is 1250 g/mol. The van der Waals surface area contributed by atoms with E-state index in [1.807, 2.05) is 0 Å².